The molecule has 0 aliphatic rings. The van der Waals surface area contributed by atoms with Crippen molar-refractivity contribution in [2.75, 3.05) is 0 Å². The van der Waals surface area contributed by atoms with E-state index in [-0.39, 0.29) is 0 Å². The van der Waals surface area contributed by atoms with Gasteiger partial charge in [0.25, 0.3) is 0 Å². The van der Waals surface area contributed by atoms with Crippen LogP contribution in [0.4, 0.5) is 0 Å². The third-order valence-electron chi connectivity index (χ3n) is 26.7. The van der Waals surface area contributed by atoms with Crippen molar-refractivity contribution >= 4 is 119 Å². The predicted molar refractivity (Wildman–Crippen MR) is 566 cm³/mol. The van der Waals surface area contributed by atoms with Gasteiger partial charge in [-0.1, -0.05) is 431 Å². The van der Waals surface area contributed by atoms with Crippen LogP contribution < -0.4 is 0 Å². The maximum Gasteiger partial charge on any atom is 0.0970 e. The molecule has 134 heavy (non-hydrogen) atoms. The summed E-state index contributed by atoms with van der Waals surface area (Å²) in [5, 5.41) is 22.1. The highest BCUT2D eigenvalue weighted by atomic mass is 14.7. The van der Waals surface area contributed by atoms with Gasteiger partial charge >= 0.3 is 0 Å². The Labute approximate surface area is 776 Å². The molecule has 5 aromatic heterocycles. The minimum atomic E-state index is 0.919. The van der Waals surface area contributed by atoms with Gasteiger partial charge in [0.05, 0.1) is 33.5 Å². The summed E-state index contributed by atoms with van der Waals surface area (Å²) in [4.78, 5) is 23.6. The fraction of sp³-hybridized carbons (Fsp3) is 0. The molecule has 0 fully saturated rings. The molecule has 0 bridgehead atoms. The normalized spacial score (nSPS) is 11.4. The standard InChI is InChI=1S/C46H30.C42H28.C41H25N5/c1-3-15-31(16-4-1)33-27-29-43(37-21-9-7-19-35(33)37)45-39-23-11-13-25-41(39)46(42-26-14-12-24-40(42)45)44-30-28-34(32-17-5-2-6-18-32)36-20-8-10-22-38(36)44;1-3-13-35-29(9-1)11-5-15-37(35)31-21-25-33(26-22-31)39-17-7-20-42-40(18-8-19-41(39)42)34-27-23-32(24-28-34)38-16-6-12-30-10-2-4-14-36(30)38;1-10-36(28-16-12-26(13-17-28)34-24-30-6-2-20-42-38(30)40-32(34)8-4-22-44-40)46-37(11-1)29-18-14-27(15-19-29)35-25-31-7-3-21-43-39(31)41-33(35)9-5-23-45-41/h1-30H;1-28H;1-25H. The smallest absolute Gasteiger partial charge is 0.0970 e. The minimum Gasteiger partial charge on any atom is -0.254 e. The molecule has 0 saturated heterocycles. The van der Waals surface area contributed by atoms with Crippen molar-refractivity contribution in [3.8, 4) is 134 Å². The Kier molecular flexibility index (Phi) is 20.6. The Morgan fingerprint density at radius 1 is 0.119 bits per heavy atom. The molecule has 624 valence electrons. The average Bonchev–Trinajstić information content (AvgIpc) is 0.717. The quantitative estimate of drug-likeness (QED) is 0.0901. The van der Waals surface area contributed by atoms with Gasteiger partial charge in [-0.25, -0.2) is 4.98 Å². The van der Waals surface area contributed by atoms with E-state index in [0.29, 0.717) is 0 Å². The van der Waals surface area contributed by atoms with Gasteiger partial charge in [-0.05, 0) is 235 Å². The number of rotatable bonds is 12. The first-order valence-corrected chi connectivity index (χ1v) is 45.7. The lowest BCUT2D eigenvalue weighted by Gasteiger charge is -2.21. The Morgan fingerprint density at radius 3 is 0.709 bits per heavy atom. The SMILES string of the molecule is c1cc(-c2ccc(-c3cc4cccnc4c4ncccc34)cc2)nc(-c2ccc(-c3cc4cccnc4c4ncccc34)cc2)c1.c1ccc(-c2ccc(-c3c4ccccc4c(-c4ccc(-c5ccccc5)c5ccccc45)c4ccccc34)c3ccccc23)cc1.c1ccc2c(-c3ccc(-c4cccc5c(-c6ccc(-c7cccc8ccccc78)cc6)cccc45)cc3)cccc2c1. The van der Waals surface area contributed by atoms with Crippen molar-refractivity contribution in [1.29, 1.82) is 0 Å². The van der Waals surface area contributed by atoms with Crippen LogP contribution in [0, 0.1) is 0 Å². The fourth-order valence-electron chi connectivity index (χ4n) is 20.3. The van der Waals surface area contributed by atoms with E-state index in [1.54, 1.807) is 0 Å². The van der Waals surface area contributed by atoms with Crippen LogP contribution in [0.25, 0.3) is 253 Å². The van der Waals surface area contributed by atoms with Crippen LogP contribution in [0.3, 0.4) is 0 Å². The third kappa shape index (κ3) is 14.6. The van der Waals surface area contributed by atoms with Crippen molar-refractivity contribution in [3.63, 3.8) is 0 Å². The Bertz CT molecular complexity index is 8440. The van der Waals surface area contributed by atoms with E-state index >= 15 is 0 Å². The molecule has 0 unspecified atom stereocenters. The van der Waals surface area contributed by atoms with Gasteiger partial charge in [0.2, 0.25) is 0 Å². The molecule has 21 aromatic carbocycles. The first kappa shape index (κ1) is 79.6. The summed E-state index contributed by atoms with van der Waals surface area (Å²) in [7, 11) is 0. The Morgan fingerprint density at radius 2 is 0.343 bits per heavy atom. The number of hydrogen-bond donors (Lipinski definition) is 0. The molecule has 5 nitrogen and oxygen atoms in total. The highest BCUT2D eigenvalue weighted by Gasteiger charge is 2.23. The summed E-state index contributed by atoms with van der Waals surface area (Å²) in [6.45, 7) is 0. The summed E-state index contributed by atoms with van der Waals surface area (Å²) >= 11 is 0. The largest absolute Gasteiger partial charge is 0.254 e. The zero-order chi connectivity index (χ0) is 88.8. The van der Waals surface area contributed by atoms with Crippen LogP contribution in [0.15, 0.2) is 504 Å². The molecule has 0 aliphatic carbocycles. The minimum absolute atomic E-state index is 0.919. The number of benzene rings is 21. The summed E-state index contributed by atoms with van der Waals surface area (Å²) in [6, 6.07) is 172. The number of aromatic nitrogens is 5. The average molecular weight is 1700 g/mol. The molecule has 26 rings (SSSR count). The van der Waals surface area contributed by atoms with E-state index in [1.807, 2.05) is 49.1 Å². The lowest BCUT2D eigenvalue weighted by Crippen LogP contribution is -1.93. The van der Waals surface area contributed by atoms with E-state index in [9.17, 15) is 0 Å². The fourth-order valence-corrected chi connectivity index (χ4v) is 20.3. The molecule has 0 atom stereocenters. The van der Waals surface area contributed by atoms with Gasteiger partial charge in [0.15, 0.2) is 0 Å². The van der Waals surface area contributed by atoms with Gasteiger partial charge in [0.1, 0.15) is 0 Å². The Hall–Kier alpha value is -17.8. The van der Waals surface area contributed by atoms with E-state index in [0.717, 1.165) is 88.4 Å². The van der Waals surface area contributed by atoms with Gasteiger partial charge in [-0.3, -0.25) is 19.9 Å². The van der Waals surface area contributed by atoms with E-state index in [1.165, 1.54) is 164 Å². The number of fused-ring (bicyclic) bond motifs is 13. The molecule has 0 spiro atoms. The van der Waals surface area contributed by atoms with Gasteiger partial charge in [-0.2, -0.15) is 0 Å². The third-order valence-corrected chi connectivity index (χ3v) is 26.7. The van der Waals surface area contributed by atoms with E-state index in [2.05, 4.69) is 475 Å². The molecule has 5 heteroatoms. The lowest BCUT2D eigenvalue weighted by molar-refractivity contribution is 1.32. The second kappa shape index (κ2) is 34.7. The van der Waals surface area contributed by atoms with Crippen LogP contribution in [-0.4, -0.2) is 24.9 Å². The molecule has 0 radical (unpaired) electrons. The molecule has 0 N–H and O–H groups in total. The van der Waals surface area contributed by atoms with E-state index < -0.39 is 0 Å². The number of pyridine rings is 5. The van der Waals surface area contributed by atoms with Crippen molar-refractivity contribution in [2.24, 2.45) is 0 Å². The monoisotopic (exact) mass is 1700 g/mol. The first-order chi connectivity index (χ1) is 66.5. The van der Waals surface area contributed by atoms with Crippen LogP contribution in [0.2, 0.25) is 0 Å². The molecule has 26 aromatic rings. The summed E-state index contributed by atoms with van der Waals surface area (Å²) in [5.41, 5.74) is 32.3. The number of nitrogens with zero attached hydrogens (tertiary/aromatic N) is 5. The van der Waals surface area contributed by atoms with Crippen molar-refractivity contribution in [2.45, 2.75) is 0 Å². The molecule has 0 aliphatic heterocycles. The lowest BCUT2D eigenvalue weighted by atomic mass is 9.82. The van der Waals surface area contributed by atoms with Gasteiger partial charge < -0.3 is 0 Å². The molecule has 5 heterocycles. The summed E-state index contributed by atoms with van der Waals surface area (Å²) < 4.78 is 0. The Balaban J connectivity index is 0.000000111. The van der Waals surface area contributed by atoms with Crippen LogP contribution in [0.1, 0.15) is 0 Å². The van der Waals surface area contributed by atoms with Crippen LogP contribution >= 0.6 is 0 Å². The van der Waals surface area contributed by atoms with Gasteiger partial charge in [0, 0.05) is 57.5 Å². The molecule has 0 amide bonds. The summed E-state index contributed by atoms with van der Waals surface area (Å²) in [5.74, 6) is 0. The predicted octanol–water partition coefficient (Wildman–Crippen LogP) is 34.7. The topological polar surface area (TPSA) is 64.5 Å². The molecular formula is C129H83N5. The van der Waals surface area contributed by atoms with E-state index in [4.69, 9.17) is 4.98 Å². The highest BCUT2D eigenvalue weighted by molar-refractivity contribution is 6.27. The van der Waals surface area contributed by atoms with Gasteiger partial charge in [-0.15, -0.1) is 0 Å². The zero-order valence-electron chi connectivity index (χ0n) is 73.2. The second-order valence-electron chi connectivity index (χ2n) is 34.3. The zero-order valence-corrected chi connectivity index (χ0v) is 73.2. The summed E-state index contributed by atoms with van der Waals surface area (Å²) in [6.07, 6.45) is 7.30. The molecule has 0 saturated carbocycles. The van der Waals surface area contributed by atoms with Crippen LogP contribution in [-0.2, 0) is 0 Å². The first-order valence-electron chi connectivity index (χ1n) is 45.7. The van der Waals surface area contributed by atoms with Crippen molar-refractivity contribution < 1.29 is 0 Å². The van der Waals surface area contributed by atoms with Crippen molar-refractivity contribution in [1.82, 2.24) is 24.9 Å². The number of hydrogen-bond acceptors (Lipinski definition) is 5. The maximum absolute atomic E-state index is 5.06. The second-order valence-corrected chi connectivity index (χ2v) is 34.3. The highest BCUT2D eigenvalue weighted by Crippen LogP contribution is 2.50. The maximum atomic E-state index is 5.06. The molecular weight excluding hydrogens is 1620 g/mol. The van der Waals surface area contributed by atoms with Crippen LogP contribution in [0.5, 0.6) is 0 Å². The van der Waals surface area contributed by atoms with Crippen molar-refractivity contribution in [3.05, 3.63) is 504 Å².